The first-order valence-corrected chi connectivity index (χ1v) is 7.23. The molecule has 0 radical (unpaired) electrons. The maximum Gasteiger partial charge on any atom is 0.187 e. The zero-order chi connectivity index (χ0) is 7.94. The van der Waals surface area contributed by atoms with E-state index < -0.39 is 0 Å². The van der Waals surface area contributed by atoms with Crippen molar-refractivity contribution in [2.24, 2.45) is 0 Å². The lowest BCUT2D eigenvalue weighted by Crippen LogP contribution is -1.87. The third-order valence-electron chi connectivity index (χ3n) is 1.27. The molecule has 0 aromatic carbocycles. The van der Waals surface area contributed by atoms with Crippen LogP contribution in [0.3, 0.4) is 0 Å². The van der Waals surface area contributed by atoms with E-state index in [9.17, 15) is 0 Å². The molecule has 0 aliphatic rings. The summed E-state index contributed by atoms with van der Waals surface area (Å²) in [6, 6.07) is 3.22. The first kappa shape index (κ1) is 8.74. The van der Waals surface area contributed by atoms with E-state index in [2.05, 4.69) is 16.5 Å². The predicted octanol–water partition coefficient (Wildman–Crippen LogP) is 1.20. The van der Waals surface area contributed by atoms with Gasteiger partial charge in [-0.15, -0.1) is 0 Å². The summed E-state index contributed by atoms with van der Waals surface area (Å²) in [5.74, 6) is 1.19. The second-order valence-electron chi connectivity index (χ2n) is 2.23. The molecule has 1 aromatic rings. The van der Waals surface area contributed by atoms with Crippen LogP contribution >= 0.6 is 11.8 Å². The summed E-state index contributed by atoms with van der Waals surface area (Å²) < 4.78 is 0. The minimum Gasteiger partial charge on any atom is -0.231 e. The average molecular weight is 184 g/mol. The Bertz CT molecular complexity index is 193. The van der Waals surface area contributed by atoms with Crippen molar-refractivity contribution in [2.75, 3.05) is 5.75 Å². The topological polar surface area (TPSA) is 25.8 Å². The largest absolute Gasteiger partial charge is 0.231 e. The Labute approximate surface area is 73.7 Å². The lowest BCUT2D eigenvalue weighted by atomic mass is 10.7. The van der Waals surface area contributed by atoms with Crippen molar-refractivity contribution >= 4 is 21.3 Å². The van der Waals surface area contributed by atoms with Crippen molar-refractivity contribution in [3.8, 4) is 0 Å². The van der Waals surface area contributed by atoms with Gasteiger partial charge in [-0.05, 0) is 11.8 Å². The molecule has 0 amide bonds. The monoisotopic (exact) mass is 184 g/mol. The second-order valence-corrected chi connectivity index (χ2v) is 5.00. The summed E-state index contributed by atoms with van der Waals surface area (Å²) in [6.45, 7) is 2.33. The van der Waals surface area contributed by atoms with Gasteiger partial charge in [0.2, 0.25) is 0 Å². The zero-order valence-electron chi connectivity index (χ0n) is 6.66. The van der Waals surface area contributed by atoms with Gasteiger partial charge in [-0.2, -0.15) is 0 Å². The van der Waals surface area contributed by atoms with E-state index in [0.717, 1.165) is 5.16 Å². The molecule has 0 N–H and O–H groups in total. The highest BCUT2D eigenvalue weighted by Gasteiger charge is 1.92. The van der Waals surface area contributed by atoms with E-state index in [-0.39, 0.29) is 9.52 Å². The van der Waals surface area contributed by atoms with Crippen molar-refractivity contribution in [3.63, 3.8) is 0 Å². The third-order valence-corrected chi connectivity index (χ3v) is 3.81. The highest BCUT2D eigenvalue weighted by molar-refractivity contribution is 7.99. The molecule has 0 saturated carbocycles. The standard InChI is InChI=1S/C7H12N2SSi/c1-11-6-5-10-7-8-3-2-4-9-7/h2-4H,5-6,11H2,1H3. The van der Waals surface area contributed by atoms with Gasteiger partial charge in [0.1, 0.15) is 0 Å². The molecule has 0 atom stereocenters. The number of aromatic nitrogens is 2. The van der Waals surface area contributed by atoms with Gasteiger partial charge in [0.15, 0.2) is 5.16 Å². The summed E-state index contributed by atoms with van der Waals surface area (Å²) in [7, 11) is 0.222. The number of thioether (sulfide) groups is 1. The fourth-order valence-corrected chi connectivity index (χ4v) is 2.85. The van der Waals surface area contributed by atoms with Crippen molar-refractivity contribution in [1.82, 2.24) is 9.97 Å². The van der Waals surface area contributed by atoms with Crippen molar-refractivity contribution < 1.29 is 0 Å². The molecule has 0 unspecified atom stereocenters. The highest BCUT2D eigenvalue weighted by Crippen LogP contribution is 2.11. The summed E-state index contributed by atoms with van der Waals surface area (Å²) in [5.41, 5.74) is 0. The van der Waals surface area contributed by atoms with Gasteiger partial charge >= 0.3 is 0 Å². The minimum atomic E-state index is 0.222. The van der Waals surface area contributed by atoms with Gasteiger partial charge in [-0.25, -0.2) is 9.97 Å². The minimum absolute atomic E-state index is 0.222. The molecule has 0 saturated heterocycles. The average Bonchev–Trinajstić information content (AvgIpc) is 2.07. The number of nitrogens with zero attached hydrogens (tertiary/aromatic N) is 2. The quantitative estimate of drug-likeness (QED) is 0.304. The van der Waals surface area contributed by atoms with E-state index >= 15 is 0 Å². The molecular weight excluding hydrogens is 172 g/mol. The number of hydrogen-bond acceptors (Lipinski definition) is 3. The van der Waals surface area contributed by atoms with Gasteiger partial charge in [0.25, 0.3) is 0 Å². The molecule has 4 heteroatoms. The Morgan fingerprint density at radius 1 is 1.45 bits per heavy atom. The lowest BCUT2D eigenvalue weighted by Gasteiger charge is -1.95. The van der Waals surface area contributed by atoms with Crippen LogP contribution in [0.25, 0.3) is 0 Å². The molecule has 2 nitrogen and oxygen atoms in total. The Morgan fingerprint density at radius 2 is 2.18 bits per heavy atom. The van der Waals surface area contributed by atoms with Crippen molar-refractivity contribution in [3.05, 3.63) is 18.5 Å². The van der Waals surface area contributed by atoms with Crippen LogP contribution in [0, 0.1) is 0 Å². The molecule has 11 heavy (non-hydrogen) atoms. The van der Waals surface area contributed by atoms with Crippen LogP contribution in [0.1, 0.15) is 0 Å². The van der Waals surface area contributed by atoms with Crippen LogP contribution in [0.2, 0.25) is 12.6 Å². The van der Waals surface area contributed by atoms with E-state index in [1.54, 1.807) is 24.2 Å². The fraction of sp³-hybridized carbons (Fsp3) is 0.429. The summed E-state index contributed by atoms with van der Waals surface area (Å²) in [6.07, 6.45) is 3.58. The van der Waals surface area contributed by atoms with Gasteiger partial charge in [-0.3, -0.25) is 0 Å². The Morgan fingerprint density at radius 3 is 2.82 bits per heavy atom. The molecule has 0 aliphatic heterocycles. The number of rotatable bonds is 4. The van der Waals surface area contributed by atoms with E-state index in [1.165, 1.54) is 11.8 Å². The third kappa shape index (κ3) is 3.53. The second kappa shape index (κ2) is 5.32. The van der Waals surface area contributed by atoms with E-state index in [4.69, 9.17) is 0 Å². The van der Waals surface area contributed by atoms with Crippen molar-refractivity contribution in [2.45, 2.75) is 17.7 Å². The molecular formula is C7H12N2SSi. The van der Waals surface area contributed by atoms with Gasteiger partial charge in [0.05, 0.1) is 0 Å². The molecule has 0 fully saturated rings. The molecule has 60 valence electrons. The van der Waals surface area contributed by atoms with Crippen LogP contribution in [0.4, 0.5) is 0 Å². The van der Waals surface area contributed by atoms with Crippen LogP contribution in [0.15, 0.2) is 23.6 Å². The van der Waals surface area contributed by atoms with Gasteiger partial charge in [-0.1, -0.05) is 24.4 Å². The summed E-state index contributed by atoms with van der Waals surface area (Å²) >= 11 is 1.76. The van der Waals surface area contributed by atoms with Gasteiger partial charge in [0, 0.05) is 21.9 Å². The maximum atomic E-state index is 4.12. The SMILES string of the molecule is C[SiH2]CCSc1ncccn1. The maximum absolute atomic E-state index is 4.12. The van der Waals surface area contributed by atoms with E-state index in [1.807, 2.05) is 6.07 Å². The lowest BCUT2D eigenvalue weighted by molar-refractivity contribution is 0.967. The molecule has 0 bridgehead atoms. The predicted molar refractivity (Wildman–Crippen MR) is 52.0 cm³/mol. The normalized spacial score (nSPS) is 11.0. The Kier molecular flexibility index (Phi) is 4.23. The summed E-state index contributed by atoms with van der Waals surface area (Å²) in [5, 5.41) is 0.912. The van der Waals surface area contributed by atoms with Crippen LogP contribution in [-0.4, -0.2) is 25.2 Å². The molecule has 1 rings (SSSR count). The first-order chi connectivity index (χ1) is 5.43. The summed E-state index contributed by atoms with van der Waals surface area (Å²) in [4.78, 5) is 8.24. The van der Waals surface area contributed by atoms with E-state index in [0.29, 0.717) is 0 Å². The molecule has 1 heterocycles. The van der Waals surface area contributed by atoms with Crippen LogP contribution in [0.5, 0.6) is 0 Å². The van der Waals surface area contributed by atoms with Gasteiger partial charge < -0.3 is 0 Å². The fourth-order valence-electron chi connectivity index (χ4n) is 0.668. The van der Waals surface area contributed by atoms with Crippen LogP contribution < -0.4 is 0 Å². The Hall–Kier alpha value is -0.353. The zero-order valence-corrected chi connectivity index (χ0v) is 8.89. The van der Waals surface area contributed by atoms with Crippen LogP contribution in [-0.2, 0) is 0 Å². The van der Waals surface area contributed by atoms with Crippen molar-refractivity contribution in [1.29, 1.82) is 0 Å². The smallest absolute Gasteiger partial charge is 0.187 e. The highest BCUT2D eigenvalue weighted by atomic mass is 32.2. The Balaban J connectivity index is 2.28. The molecule has 0 aliphatic carbocycles. The molecule has 1 aromatic heterocycles. The number of hydrogen-bond donors (Lipinski definition) is 0. The molecule has 0 spiro atoms. The first-order valence-electron chi connectivity index (χ1n) is 3.83.